The second-order valence-corrected chi connectivity index (χ2v) is 4.88. The molecule has 0 aromatic carbocycles. The van der Waals surface area contributed by atoms with Crippen LogP contribution in [0.15, 0.2) is 0 Å². The highest BCUT2D eigenvalue weighted by atomic mass is 32.2. The number of thioether (sulfide) groups is 1. The van der Waals surface area contributed by atoms with E-state index >= 15 is 0 Å². The molecule has 0 radical (unpaired) electrons. The maximum absolute atomic E-state index is 5.31. The zero-order chi connectivity index (χ0) is 10.4. The van der Waals surface area contributed by atoms with Crippen LogP contribution in [-0.4, -0.2) is 54.4 Å². The Balaban J connectivity index is 2.27. The van der Waals surface area contributed by atoms with Crippen molar-refractivity contribution in [1.82, 2.24) is 10.2 Å². The SMILES string of the molecule is COCCNC(=S)N1CCSCC1C. The molecule has 0 spiro atoms. The molecule has 1 heterocycles. The van der Waals surface area contributed by atoms with E-state index in [1.807, 2.05) is 11.8 Å². The first kappa shape index (κ1) is 12.1. The highest BCUT2D eigenvalue weighted by Gasteiger charge is 2.20. The summed E-state index contributed by atoms with van der Waals surface area (Å²) in [7, 11) is 1.70. The van der Waals surface area contributed by atoms with Gasteiger partial charge in [-0.05, 0) is 19.1 Å². The summed E-state index contributed by atoms with van der Waals surface area (Å²) in [6.45, 7) is 4.78. The third-order valence-electron chi connectivity index (χ3n) is 2.21. The lowest BCUT2D eigenvalue weighted by molar-refractivity contribution is 0.202. The van der Waals surface area contributed by atoms with Gasteiger partial charge in [-0.2, -0.15) is 11.8 Å². The van der Waals surface area contributed by atoms with Gasteiger partial charge in [-0.15, -0.1) is 0 Å². The van der Waals surface area contributed by atoms with Crippen LogP contribution in [0.1, 0.15) is 6.92 Å². The molecule has 0 aromatic rings. The predicted molar refractivity (Wildman–Crippen MR) is 66.0 cm³/mol. The van der Waals surface area contributed by atoms with Crippen LogP contribution in [0, 0.1) is 0 Å². The highest BCUT2D eigenvalue weighted by molar-refractivity contribution is 7.99. The van der Waals surface area contributed by atoms with Gasteiger partial charge in [-0.3, -0.25) is 0 Å². The van der Waals surface area contributed by atoms with Crippen molar-refractivity contribution in [1.29, 1.82) is 0 Å². The van der Waals surface area contributed by atoms with Gasteiger partial charge >= 0.3 is 0 Å². The molecule has 0 saturated carbocycles. The van der Waals surface area contributed by atoms with Gasteiger partial charge in [-0.25, -0.2) is 0 Å². The van der Waals surface area contributed by atoms with E-state index in [1.54, 1.807) is 7.11 Å². The van der Waals surface area contributed by atoms with Crippen molar-refractivity contribution in [3.05, 3.63) is 0 Å². The Kier molecular flexibility index (Phi) is 5.59. The first-order valence-corrected chi connectivity index (χ1v) is 6.43. The molecule has 1 rings (SSSR count). The summed E-state index contributed by atoms with van der Waals surface area (Å²) in [5, 5.41) is 4.08. The topological polar surface area (TPSA) is 24.5 Å². The predicted octanol–water partition coefficient (Wildman–Crippen LogP) is 0.945. The fourth-order valence-electron chi connectivity index (χ4n) is 1.39. The molecule has 1 aliphatic heterocycles. The van der Waals surface area contributed by atoms with Crippen molar-refractivity contribution >= 4 is 29.1 Å². The van der Waals surface area contributed by atoms with Crippen LogP contribution in [0.4, 0.5) is 0 Å². The first-order chi connectivity index (χ1) is 6.75. The largest absolute Gasteiger partial charge is 0.383 e. The molecule has 0 aromatic heterocycles. The van der Waals surface area contributed by atoms with E-state index < -0.39 is 0 Å². The number of thiocarbonyl (C=S) groups is 1. The van der Waals surface area contributed by atoms with Gasteiger partial charge in [0.2, 0.25) is 0 Å². The summed E-state index contributed by atoms with van der Waals surface area (Å²) in [5.41, 5.74) is 0. The second kappa shape index (κ2) is 6.48. The van der Waals surface area contributed by atoms with Crippen molar-refractivity contribution in [2.45, 2.75) is 13.0 Å². The molecule has 1 N–H and O–H groups in total. The van der Waals surface area contributed by atoms with Gasteiger partial charge in [0.15, 0.2) is 5.11 Å². The minimum Gasteiger partial charge on any atom is -0.383 e. The van der Waals surface area contributed by atoms with Gasteiger partial charge < -0.3 is 15.0 Å². The van der Waals surface area contributed by atoms with Crippen molar-refractivity contribution in [2.75, 3.05) is 38.3 Å². The van der Waals surface area contributed by atoms with Crippen molar-refractivity contribution in [3.8, 4) is 0 Å². The van der Waals surface area contributed by atoms with E-state index in [9.17, 15) is 0 Å². The van der Waals surface area contributed by atoms with E-state index in [-0.39, 0.29) is 0 Å². The average Bonchev–Trinajstić information content (AvgIpc) is 2.18. The molecular formula is C9H18N2OS2. The molecular weight excluding hydrogens is 216 g/mol. The summed E-state index contributed by atoms with van der Waals surface area (Å²) < 4.78 is 4.96. The molecule has 0 amide bonds. The van der Waals surface area contributed by atoms with Gasteiger partial charge in [0.25, 0.3) is 0 Å². The standard InChI is InChI=1S/C9H18N2OS2/c1-8-7-14-6-4-11(8)9(13)10-3-5-12-2/h8H,3-7H2,1-2H3,(H,10,13). The lowest BCUT2D eigenvalue weighted by Crippen LogP contribution is -2.49. The molecule has 82 valence electrons. The number of methoxy groups -OCH3 is 1. The number of hydrogen-bond acceptors (Lipinski definition) is 3. The smallest absolute Gasteiger partial charge is 0.169 e. The van der Waals surface area contributed by atoms with Crippen molar-refractivity contribution < 1.29 is 4.74 Å². The van der Waals surface area contributed by atoms with Crippen molar-refractivity contribution in [2.24, 2.45) is 0 Å². The van der Waals surface area contributed by atoms with Crippen LogP contribution in [0.5, 0.6) is 0 Å². The monoisotopic (exact) mass is 234 g/mol. The van der Waals surface area contributed by atoms with Crippen LogP contribution < -0.4 is 5.32 Å². The molecule has 14 heavy (non-hydrogen) atoms. The lowest BCUT2D eigenvalue weighted by atomic mass is 10.3. The van der Waals surface area contributed by atoms with Gasteiger partial charge in [0.05, 0.1) is 6.61 Å². The third-order valence-corrected chi connectivity index (χ3v) is 3.78. The van der Waals surface area contributed by atoms with E-state index in [1.165, 1.54) is 11.5 Å². The van der Waals surface area contributed by atoms with Crippen LogP contribution in [0.25, 0.3) is 0 Å². The quantitative estimate of drug-likeness (QED) is 0.579. The number of ether oxygens (including phenoxy) is 1. The molecule has 0 aliphatic carbocycles. The Morgan fingerprint density at radius 3 is 3.14 bits per heavy atom. The normalized spacial score (nSPS) is 22.1. The minimum atomic E-state index is 0.552. The molecule has 1 atom stereocenters. The van der Waals surface area contributed by atoms with Crippen LogP contribution in [0.2, 0.25) is 0 Å². The zero-order valence-electron chi connectivity index (χ0n) is 8.78. The Morgan fingerprint density at radius 2 is 2.50 bits per heavy atom. The maximum atomic E-state index is 5.31. The Labute approximate surface area is 95.6 Å². The number of hydrogen-bond donors (Lipinski definition) is 1. The molecule has 0 bridgehead atoms. The Hall–Kier alpha value is 0. The molecule has 1 unspecified atom stereocenters. The Morgan fingerprint density at radius 1 is 1.71 bits per heavy atom. The van der Waals surface area contributed by atoms with E-state index in [4.69, 9.17) is 17.0 Å². The molecule has 1 saturated heterocycles. The summed E-state index contributed by atoms with van der Waals surface area (Å²) >= 11 is 7.31. The second-order valence-electron chi connectivity index (χ2n) is 3.34. The molecule has 1 fully saturated rings. The van der Waals surface area contributed by atoms with Crippen LogP contribution in [0.3, 0.4) is 0 Å². The average molecular weight is 234 g/mol. The van der Waals surface area contributed by atoms with Crippen molar-refractivity contribution in [3.63, 3.8) is 0 Å². The summed E-state index contributed by atoms with van der Waals surface area (Å²) in [4.78, 5) is 2.27. The van der Waals surface area contributed by atoms with E-state index in [0.29, 0.717) is 12.6 Å². The highest BCUT2D eigenvalue weighted by Crippen LogP contribution is 2.15. The van der Waals surface area contributed by atoms with E-state index in [0.717, 1.165) is 18.2 Å². The Bertz CT molecular complexity index is 190. The van der Waals surface area contributed by atoms with Crippen LogP contribution >= 0.6 is 24.0 Å². The van der Waals surface area contributed by atoms with Gasteiger partial charge in [0, 0.05) is 37.7 Å². The first-order valence-electron chi connectivity index (χ1n) is 4.87. The number of nitrogens with one attached hydrogen (secondary N) is 1. The van der Waals surface area contributed by atoms with Gasteiger partial charge in [0.1, 0.15) is 0 Å². The molecule has 3 nitrogen and oxygen atoms in total. The summed E-state index contributed by atoms with van der Waals surface area (Å²) in [5.74, 6) is 2.35. The fourth-order valence-corrected chi connectivity index (χ4v) is 2.78. The maximum Gasteiger partial charge on any atom is 0.169 e. The minimum absolute atomic E-state index is 0.552. The summed E-state index contributed by atoms with van der Waals surface area (Å²) in [6.07, 6.45) is 0. The molecule has 1 aliphatic rings. The fraction of sp³-hybridized carbons (Fsp3) is 0.889. The number of rotatable bonds is 3. The summed E-state index contributed by atoms with van der Waals surface area (Å²) in [6, 6.07) is 0.552. The zero-order valence-corrected chi connectivity index (χ0v) is 10.4. The van der Waals surface area contributed by atoms with E-state index in [2.05, 4.69) is 17.1 Å². The van der Waals surface area contributed by atoms with Crippen LogP contribution in [-0.2, 0) is 4.74 Å². The van der Waals surface area contributed by atoms with Gasteiger partial charge in [-0.1, -0.05) is 0 Å². The third kappa shape index (κ3) is 3.63. The number of nitrogens with zero attached hydrogens (tertiary/aromatic N) is 1. The molecule has 5 heteroatoms. The lowest BCUT2D eigenvalue weighted by Gasteiger charge is -2.35.